The summed E-state index contributed by atoms with van der Waals surface area (Å²) in [6.07, 6.45) is 5.37. The van der Waals surface area contributed by atoms with Gasteiger partial charge in [0.2, 0.25) is 0 Å². The van der Waals surface area contributed by atoms with Crippen molar-refractivity contribution in [3.8, 4) is 0 Å². The van der Waals surface area contributed by atoms with Gasteiger partial charge in [0.1, 0.15) is 0 Å². The van der Waals surface area contributed by atoms with E-state index in [1.54, 1.807) is 0 Å². The fourth-order valence-electron chi connectivity index (χ4n) is 2.42. The van der Waals surface area contributed by atoms with Crippen LogP contribution in [0.2, 0.25) is 0 Å². The Morgan fingerprint density at radius 1 is 1.38 bits per heavy atom. The Balaban J connectivity index is 1.79. The molecule has 13 heavy (non-hydrogen) atoms. The first-order valence-corrected chi connectivity index (χ1v) is 6.61. The highest BCUT2D eigenvalue weighted by atomic mass is 32.2. The Bertz CT molecular complexity index is 159. The Labute approximate surface area is 85.2 Å². The monoisotopic (exact) mass is 200 g/mol. The minimum Gasteiger partial charge on any atom is -0.330 e. The van der Waals surface area contributed by atoms with Gasteiger partial charge in [-0.3, -0.25) is 4.90 Å². The maximum Gasteiger partial charge on any atom is 0.0279 e. The highest BCUT2D eigenvalue weighted by molar-refractivity contribution is 8.00. The first-order chi connectivity index (χ1) is 6.42. The second-order valence-electron chi connectivity index (χ2n) is 4.16. The number of nitrogens with two attached hydrogens (primary N) is 1. The van der Waals surface area contributed by atoms with Gasteiger partial charge in [-0.2, -0.15) is 11.8 Å². The van der Waals surface area contributed by atoms with E-state index in [0.29, 0.717) is 0 Å². The van der Waals surface area contributed by atoms with Gasteiger partial charge in [-0.25, -0.2) is 0 Å². The predicted molar refractivity (Wildman–Crippen MR) is 59.1 cm³/mol. The molecule has 0 saturated carbocycles. The second kappa shape index (κ2) is 4.67. The number of thioether (sulfide) groups is 1. The van der Waals surface area contributed by atoms with Gasteiger partial charge in [0.25, 0.3) is 0 Å². The number of likely N-dealkylation sites (tertiary alicyclic amines) is 1. The van der Waals surface area contributed by atoms with E-state index < -0.39 is 0 Å². The molecular formula is C10H20N2S. The summed E-state index contributed by atoms with van der Waals surface area (Å²) in [6, 6.07) is 1.78. The first-order valence-electron chi connectivity index (χ1n) is 5.45. The quantitative estimate of drug-likeness (QED) is 0.742. The lowest BCUT2D eigenvalue weighted by atomic mass is 10.1. The minimum atomic E-state index is 0.865. The van der Waals surface area contributed by atoms with Crippen LogP contribution in [-0.2, 0) is 0 Å². The fourth-order valence-corrected chi connectivity index (χ4v) is 3.25. The van der Waals surface area contributed by atoms with Crippen LogP contribution in [0.25, 0.3) is 0 Å². The fraction of sp³-hybridized carbons (Fsp3) is 1.00. The summed E-state index contributed by atoms with van der Waals surface area (Å²) in [5.41, 5.74) is 5.55. The molecule has 0 aromatic rings. The van der Waals surface area contributed by atoms with Crippen molar-refractivity contribution in [2.75, 3.05) is 24.6 Å². The van der Waals surface area contributed by atoms with Gasteiger partial charge in [-0.1, -0.05) is 0 Å². The molecule has 2 fully saturated rings. The van der Waals surface area contributed by atoms with Crippen LogP contribution in [0.3, 0.4) is 0 Å². The van der Waals surface area contributed by atoms with Crippen molar-refractivity contribution in [3.63, 3.8) is 0 Å². The van der Waals surface area contributed by atoms with E-state index in [0.717, 1.165) is 18.6 Å². The summed E-state index contributed by atoms with van der Waals surface area (Å²) in [6.45, 7) is 2.21. The van der Waals surface area contributed by atoms with E-state index in [-0.39, 0.29) is 0 Å². The van der Waals surface area contributed by atoms with E-state index >= 15 is 0 Å². The van der Waals surface area contributed by atoms with Crippen LogP contribution < -0.4 is 5.73 Å². The van der Waals surface area contributed by atoms with Gasteiger partial charge < -0.3 is 5.73 Å². The van der Waals surface area contributed by atoms with Crippen LogP contribution in [0.15, 0.2) is 0 Å². The lowest BCUT2D eigenvalue weighted by molar-refractivity contribution is 0.192. The van der Waals surface area contributed by atoms with Crippen molar-refractivity contribution < 1.29 is 0 Å². The molecule has 0 amide bonds. The third-order valence-electron chi connectivity index (χ3n) is 3.25. The molecule has 76 valence electrons. The van der Waals surface area contributed by atoms with Gasteiger partial charge in [0.05, 0.1) is 0 Å². The Kier molecular flexibility index (Phi) is 3.52. The summed E-state index contributed by atoms with van der Waals surface area (Å²) in [5.74, 6) is 2.75. The van der Waals surface area contributed by atoms with Crippen molar-refractivity contribution in [2.45, 2.75) is 37.8 Å². The molecule has 1 unspecified atom stereocenters. The zero-order valence-corrected chi connectivity index (χ0v) is 9.06. The van der Waals surface area contributed by atoms with Crippen LogP contribution in [0.4, 0.5) is 0 Å². The van der Waals surface area contributed by atoms with Gasteiger partial charge in [0, 0.05) is 23.6 Å². The Hall–Kier alpha value is 0.270. The Morgan fingerprint density at radius 3 is 2.85 bits per heavy atom. The molecule has 0 bridgehead atoms. The molecular weight excluding hydrogens is 180 g/mol. The van der Waals surface area contributed by atoms with Crippen LogP contribution >= 0.6 is 11.8 Å². The number of nitrogens with zero attached hydrogens (tertiary/aromatic N) is 1. The predicted octanol–water partition coefficient (Wildman–Crippen LogP) is 1.31. The summed E-state index contributed by atoms with van der Waals surface area (Å²) < 4.78 is 0. The van der Waals surface area contributed by atoms with E-state index in [1.165, 1.54) is 43.7 Å². The van der Waals surface area contributed by atoms with Gasteiger partial charge >= 0.3 is 0 Å². The number of hydrogen-bond donors (Lipinski definition) is 1. The van der Waals surface area contributed by atoms with E-state index in [1.807, 2.05) is 0 Å². The topological polar surface area (TPSA) is 29.3 Å². The summed E-state index contributed by atoms with van der Waals surface area (Å²) in [4.78, 5) is 2.74. The van der Waals surface area contributed by atoms with E-state index in [2.05, 4.69) is 16.7 Å². The van der Waals surface area contributed by atoms with Crippen molar-refractivity contribution in [2.24, 2.45) is 5.73 Å². The van der Waals surface area contributed by atoms with Crippen molar-refractivity contribution in [1.29, 1.82) is 0 Å². The standard InChI is InChI=1S/C10H20N2S/c11-5-1-3-9-4-2-6-12(9)10-7-13-8-10/h9-10H,1-8,11H2. The molecule has 3 heteroatoms. The molecule has 2 aliphatic heterocycles. The van der Waals surface area contributed by atoms with Crippen molar-refractivity contribution in [1.82, 2.24) is 4.90 Å². The van der Waals surface area contributed by atoms with E-state index in [4.69, 9.17) is 5.73 Å². The highest BCUT2D eigenvalue weighted by Gasteiger charge is 2.33. The van der Waals surface area contributed by atoms with Gasteiger partial charge in [-0.15, -0.1) is 0 Å². The largest absolute Gasteiger partial charge is 0.330 e. The molecule has 2 nitrogen and oxygen atoms in total. The zero-order chi connectivity index (χ0) is 9.10. The third kappa shape index (κ3) is 2.20. The molecule has 0 radical (unpaired) electrons. The average Bonchev–Trinajstić information content (AvgIpc) is 2.46. The molecule has 0 aromatic heterocycles. The Morgan fingerprint density at radius 2 is 2.23 bits per heavy atom. The number of hydrogen-bond acceptors (Lipinski definition) is 3. The summed E-state index contributed by atoms with van der Waals surface area (Å²) in [7, 11) is 0. The smallest absolute Gasteiger partial charge is 0.0279 e. The molecule has 2 aliphatic rings. The van der Waals surface area contributed by atoms with Crippen LogP contribution in [0.5, 0.6) is 0 Å². The van der Waals surface area contributed by atoms with Crippen LogP contribution in [-0.4, -0.2) is 41.6 Å². The van der Waals surface area contributed by atoms with Gasteiger partial charge in [-0.05, 0) is 38.8 Å². The van der Waals surface area contributed by atoms with Gasteiger partial charge in [0.15, 0.2) is 0 Å². The SMILES string of the molecule is NCCCC1CCCN1C1CSC1. The van der Waals surface area contributed by atoms with E-state index in [9.17, 15) is 0 Å². The van der Waals surface area contributed by atoms with Crippen LogP contribution in [0, 0.1) is 0 Å². The minimum absolute atomic E-state index is 0.865. The van der Waals surface area contributed by atoms with Crippen LogP contribution in [0.1, 0.15) is 25.7 Å². The lowest BCUT2D eigenvalue weighted by Crippen LogP contribution is -2.46. The zero-order valence-electron chi connectivity index (χ0n) is 8.24. The molecule has 0 spiro atoms. The molecule has 2 saturated heterocycles. The molecule has 1 atom stereocenters. The molecule has 0 aliphatic carbocycles. The van der Waals surface area contributed by atoms with Crippen molar-refractivity contribution >= 4 is 11.8 Å². The molecule has 2 N–H and O–H groups in total. The highest BCUT2D eigenvalue weighted by Crippen LogP contribution is 2.31. The average molecular weight is 200 g/mol. The lowest BCUT2D eigenvalue weighted by Gasteiger charge is -2.38. The maximum atomic E-state index is 5.55. The third-order valence-corrected chi connectivity index (χ3v) is 4.49. The maximum absolute atomic E-state index is 5.55. The second-order valence-corrected chi connectivity index (χ2v) is 5.23. The normalized spacial score (nSPS) is 30.7. The summed E-state index contributed by atoms with van der Waals surface area (Å²) in [5, 5.41) is 0. The molecule has 2 heterocycles. The summed E-state index contributed by atoms with van der Waals surface area (Å²) >= 11 is 2.09. The van der Waals surface area contributed by atoms with Crippen molar-refractivity contribution in [3.05, 3.63) is 0 Å². The molecule has 2 rings (SSSR count). The first kappa shape index (κ1) is 9.81. The molecule has 0 aromatic carbocycles. The number of rotatable bonds is 4.